The smallest absolute Gasteiger partial charge is 0.249 e. The molecule has 0 aliphatic heterocycles. The highest BCUT2D eigenvalue weighted by Gasteiger charge is 2.09. The van der Waals surface area contributed by atoms with Gasteiger partial charge in [0, 0.05) is 12.1 Å². The van der Waals surface area contributed by atoms with Crippen LogP contribution in [-0.4, -0.2) is 24.6 Å². The first-order valence-electron chi connectivity index (χ1n) is 7.99. The van der Waals surface area contributed by atoms with Crippen molar-refractivity contribution in [3.63, 3.8) is 0 Å². The molecular weight excluding hydrogens is 377 g/mol. The number of hydrogen-bond acceptors (Lipinski definition) is 4. The molecule has 2 N–H and O–H groups in total. The molecule has 0 unspecified atom stereocenters. The monoisotopic (exact) mass is 395 g/mol. The molecule has 0 bridgehead atoms. The van der Waals surface area contributed by atoms with Gasteiger partial charge in [0.2, 0.25) is 11.8 Å². The molecule has 1 heterocycles. The number of nitrogens with one attached hydrogen (secondary N) is 2. The van der Waals surface area contributed by atoms with E-state index in [-0.39, 0.29) is 12.3 Å². The molecule has 0 radical (unpaired) electrons. The number of carbonyl (C=O) groups excluding carboxylic acids is 2. The molecule has 0 saturated heterocycles. The summed E-state index contributed by atoms with van der Waals surface area (Å²) >= 11 is 11.9. The zero-order valence-electron chi connectivity index (χ0n) is 14.4. The van der Waals surface area contributed by atoms with Gasteiger partial charge in [0.15, 0.2) is 0 Å². The Labute approximate surface area is 161 Å². The predicted molar refractivity (Wildman–Crippen MR) is 102 cm³/mol. The van der Waals surface area contributed by atoms with Crippen molar-refractivity contribution in [1.29, 1.82) is 0 Å². The molecule has 0 atom stereocenters. The quantitative estimate of drug-likeness (QED) is 0.424. The molecule has 1 aromatic carbocycles. The van der Waals surface area contributed by atoms with Crippen molar-refractivity contribution in [1.82, 2.24) is 10.7 Å². The van der Waals surface area contributed by atoms with Crippen LogP contribution in [0.2, 0.25) is 10.0 Å². The fourth-order valence-electron chi connectivity index (χ4n) is 1.96. The second kappa shape index (κ2) is 9.40. The van der Waals surface area contributed by atoms with Crippen LogP contribution in [0.5, 0.6) is 0 Å². The number of halogens is 2. The van der Waals surface area contributed by atoms with Crippen molar-refractivity contribution in [2.45, 2.75) is 20.3 Å². The van der Waals surface area contributed by atoms with Crippen molar-refractivity contribution < 1.29 is 14.0 Å². The lowest BCUT2D eigenvalue weighted by atomic mass is 10.2. The molecule has 0 fully saturated rings. The Morgan fingerprint density at radius 1 is 1.15 bits per heavy atom. The minimum Gasteiger partial charge on any atom is -0.455 e. The van der Waals surface area contributed by atoms with Gasteiger partial charge in [-0.3, -0.25) is 9.59 Å². The molecule has 26 heavy (non-hydrogen) atoms. The van der Waals surface area contributed by atoms with Gasteiger partial charge in [-0.1, -0.05) is 37.0 Å². The molecule has 0 aliphatic carbocycles. The van der Waals surface area contributed by atoms with E-state index in [1.54, 1.807) is 30.3 Å². The summed E-state index contributed by atoms with van der Waals surface area (Å²) in [6.07, 6.45) is 1.07. The predicted octanol–water partition coefficient (Wildman–Crippen LogP) is 3.87. The summed E-state index contributed by atoms with van der Waals surface area (Å²) in [5.41, 5.74) is 3.05. The lowest BCUT2D eigenvalue weighted by molar-refractivity contribution is -0.129. The van der Waals surface area contributed by atoms with Crippen molar-refractivity contribution >= 4 is 41.2 Å². The molecule has 2 aromatic rings. The Morgan fingerprint density at radius 3 is 2.62 bits per heavy atom. The third-order valence-corrected chi connectivity index (χ3v) is 3.98. The molecule has 6 nitrogen and oxygen atoms in total. The van der Waals surface area contributed by atoms with E-state index in [2.05, 4.69) is 15.8 Å². The van der Waals surface area contributed by atoms with Gasteiger partial charge in [-0.15, -0.1) is 0 Å². The summed E-state index contributed by atoms with van der Waals surface area (Å²) in [6, 6.07) is 8.61. The van der Waals surface area contributed by atoms with Crippen molar-refractivity contribution in [2.75, 3.05) is 6.54 Å². The molecule has 2 rings (SSSR count). The molecule has 8 heteroatoms. The van der Waals surface area contributed by atoms with Crippen LogP contribution in [0.15, 0.2) is 39.9 Å². The lowest BCUT2D eigenvalue weighted by Crippen LogP contribution is -2.32. The second-order valence-corrected chi connectivity index (χ2v) is 6.81. The van der Waals surface area contributed by atoms with Crippen LogP contribution in [0, 0.1) is 5.92 Å². The van der Waals surface area contributed by atoms with Gasteiger partial charge in [-0.05, 0) is 36.2 Å². The number of benzene rings is 1. The number of nitrogens with zero attached hydrogens (tertiary/aromatic N) is 1. The maximum atomic E-state index is 11.6. The Bertz CT molecular complexity index is 816. The maximum Gasteiger partial charge on any atom is 0.249 e. The summed E-state index contributed by atoms with van der Waals surface area (Å²) < 4.78 is 5.61. The summed E-state index contributed by atoms with van der Waals surface area (Å²) in [7, 11) is 0. The largest absolute Gasteiger partial charge is 0.455 e. The van der Waals surface area contributed by atoms with Crippen LogP contribution in [0.25, 0.3) is 11.3 Å². The Morgan fingerprint density at radius 2 is 1.92 bits per heavy atom. The molecule has 0 spiro atoms. The average Bonchev–Trinajstić information content (AvgIpc) is 3.04. The summed E-state index contributed by atoms with van der Waals surface area (Å²) in [5, 5.41) is 7.34. The number of hydrazone groups is 1. The van der Waals surface area contributed by atoms with Crippen molar-refractivity contribution in [2.24, 2.45) is 11.0 Å². The standard InChI is InChI=1S/C18H19Cl2N3O3/c1-11(2)9-21-17(24)8-18(25)23-22-10-13-4-6-16(26-13)12-3-5-14(19)15(20)7-12/h3-7,10-11H,8-9H2,1-2H3,(H,21,24)(H,23,25)/b22-10-. The Hall–Kier alpha value is -2.31. The van der Waals surface area contributed by atoms with Crippen LogP contribution >= 0.6 is 23.2 Å². The number of carbonyl (C=O) groups is 2. The zero-order valence-corrected chi connectivity index (χ0v) is 15.9. The van der Waals surface area contributed by atoms with Gasteiger partial charge in [-0.2, -0.15) is 5.10 Å². The van der Waals surface area contributed by atoms with Crippen molar-refractivity contribution in [3.05, 3.63) is 46.1 Å². The third kappa shape index (κ3) is 6.20. The van der Waals surface area contributed by atoms with Gasteiger partial charge >= 0.3 is 0 Å². The van der Waals surface area contributed by atoms with Gasteiger partial charge < -0.3 is 9.73 Å². The van der Waals surface area contributed by atoms with Crippen LogP contribution in [0.4, 0.5) is 0 Å². The number of rotatable bonds is 7. The first-order valence-corrected chi connectivity index (χ1v) is 8.74. The van der Waals surface area contributed by atoms with Gasteiger partial charge in [0.1, 0.15) is 17.9 Å². The first kappa shape index (κ1) is 20.0. The third-order valence-electron chi connectivity index (χ3n) is 3.24. The highest BCUT2D eigenvalue weighted by atomic mass is 35.5. The molecule has 1 aromatic heterocycles. The van der Waals surface area contributed by atoms with Crippen molar-refractivity contribution in [3.8, 4) is 11.3 Å². The van der Waals surface area contributed by atoms with Crippen LogP contribution in [0.1, 0.15) is 26.0 Å². The van der Waals surface area contributed by atoms with Crippen LogP contribution < -0.4 is 10.7 Å². The topological polar surface area (TPSA) is 83.7 Å². The molecular formula is C18H19Cl2N3O3. The highest BCUT2D eigenvalue weighted by Crippen LogP contribution is 2.29. The SMILES string of the molecule is CC(C)CNC(=O)CC(=O)N/N=C\c1ccc(-c2ccc(Cl)c(Cl)c2)o1. The fourth-order valence-corrected chi connectivity index (χ4v) is 2.26. The Balaban J connectivity index is 1.87. The molecule has 2 amide bonds. The second-order valence-electron chi connectivity index (χ2n) is 6.00. The fraction of sp³-hybridized carbons (Fsp3) is 0.278. The molecule has 138 valence electrons. The highest BCUT2D eigenvalue weighted by molar-refractivity contribution is 6.42. The van der Waals surface area contributed by atoms with E-state index in [1.165, 1.54) is 6.21 Å². The molecule has 0 aliphatic rings. The normalized spacial score (nSPS) is 11.1. The maximum absolute atomic E-state index is 11.6. The van der Waals surface area contributed by atoms with E-state index in [4.69, 9.17) is 27.6 Å². The first-order chi connectivity index (χ1) is 12.3. The van der Waals surface area contributed by atoms with Crippen LogP contribution in [-0.2, 0) is 9.59 Å². The minimum absolute atomic E-state index is 0.281. The van der Waals surface area contributed by atoms with E-state index in [9.17, 15) is 9.59 Å². The minimum atomic E-state index is -0.501. The summed E-state index contributed by atoms with van der Waals surface area (Å²) in [4.78, 5) is 23.2. The molecule has 0 saturated carbocycles. The summed E-state index contributed by atoms with van der Waals surface area (Å²) in [6.45, 7) is 4.47. The Kier molecular flexibility index (Phi) is 7.24. The average molecular weight is 396 g/mol. The van der Waals surface area contributed by atoms with Gasteiger partial charge in [0.25, 0.3) is 0 Å². The number of furan rings is 1. The summed E-state index contributed by atoms with van der Waals surface area (Å²) in [5.74, 6) is 0.508. The number of hydrogen-bond donors (Lipinski definition) is 2. The zero-order chi connectivity index (χ0) is 19.1. The number of amides is 2. The van der Waals surface area contributed by atoms with Crippen LogP contribution in [0.3, 0.4) is 0 Å². The van der Waals surface area contributed by atoms with E-state index >= 15 is 0 Å². The lowest BCUT2D eigenvalue weighted by Gasteiger charge is -2.06. The van der Waals surface area contributed by atoms with E-state index in [0.29, 0.717) is 34.0 Å². The van der Waals surface area contributed by atoms with E-state index < -0.39 is 5.91 Å². The van der Waals surface area contributed by atoms with E-state index in [0.717, 1.165) is 5.56 Å². The van der Waals surface area contributed by atoms with Gasteiger partial charge in [-0.25, -0.2) is 5.43 Å². The van der Waals surface area contributed by atoms with E-state index in [1.807, 2.05) is 13.8 Å². The van der Waals surface area contributed by atoms with Gasteiger partial charge in [0.05, 0.1) is 16.3 Å².